The molecule has 0 bridgehead atoms. The van der Waals surface area contributed by atoms with Gasteiger partial charge < -0.3 is 16.0 Å². The molecular weight excluding hydrogens is 364 g/mol. The molecule has 0 radical (unpaired) electrons. The molecule has 152 valence electrons. The van der Waals surface area contributed by atoms with Crippen molar-refractivity contribution in [2.45, 2.75) is 51.0 Å². The van der Waals surface area contributed by atoms with Crippen LogP contribution in [0.15, 0.2) is 23.1 Å². The Hall–Kier alpha value is -1.64. The summed E-state index contributed by atoms with van der Waals surface area (Å²) >= 11 is 0. The minimum absolute atomic E-state index is 0.00210. The van der Waals surface area contributed by atoms with Gasteiger partial charge in [0, 0.05) is 44.5 Å². The molecule has 1 fully saturated rings. The molecule has 1 unspecified atom stereocenters. The van der Waals surface area contributed by atoms with Crippen molar-refractivity contribution in [3.8, 4) is 0 Å². The van der Waals surface area contributed by atoms with Crippen molar-refractivity contribution in [2.75, 3.05) is 37.6 Å². The van der Waals surface area contributed by atoms with E-state index < -0.39 is 10.0 Å². The molecule has 0 aromatic heterocycles. The number of sulfonamides is 1. The third kappa shape index (κ3) is 5.21. The molecule has 1 amide bonds. The molecule has 1 aliphatic rings. The van der Waals surface area contributed by atoms with Gasteiger partial charge in [-0.25, -0.2) is 8.42 Å². The molecule has 3 N–H and O–H groups in total. The van der Waals surface area contributed by atoms with Crippen LogP contribution in [-0.2, 0) is 10.0 Å². The largest absolute Gasteiger partial charge is 0.371 e. The van der Waals surface area contributed by atoms with Crippen molar-refractivity contribution in [1.82, 2.24) is 9.62 Å². The summed E-state index contributed by atoms with van der Waals surface area (Å²) in [6, 6.07) is 4.89. The maximum Gasteiger partial charge on any atom is 0.253 e. The molecule has 0 spiro atoms. The standard InChI is InChI=1S/C19H32N4O3S/c1-4-23(5-2)27(25,26)16-8-9-18(22-12-6-7-13-22)17(14-16)19(24)21-11-10-15(3)20/h8-9,14-15H,4-7,10-13,20H2,1-3H3,(H,21,24). The number of carbonyl (C=O) groups excluding carboxylic acids is 1. The third-order valence-corrected chi connectivity index (χ3v) is 6.93. The molecule has 1 heterocycles. The van der Waals surface area contributed by atoms with Gasteiger partial charge in [0.2, 0.25) is 10.0 Å². The molecule has 8 heteroatoms. The van der Waals surface area contributed by atoms with Gasteiger partial charge in [-0.15, -0.1) is 0 Å². The summed E-state index contributed by atoms with van der Waals surface area (Å²) in [7, 11) is -3.62. The van der Waals surface area contributed by atoms with E-state index >= 15 is 0 Å². The lowest BCUT2D eigenvalue weighted by Crippen LogP contribution is -2.32. The van der Waals surface area contributed by atoms with Crippen LogP contribution in [0, 0.1) is 0 Å². The highest BCUT2D eigenvalue weighted by Gasteiger charge is 2.26. The summed E-state index contributed by atoms with van der Waals surface area (Å²) in [6.07, 6.45) is 2.82. The fourth-order valence-electron chi connectivity index (χ4n) is 3.31. The van der Waals surface area contributed by atoms with E-state index in [9.17, 15) is 13.2 Å². The van der Waals surface area contributed by atoms with Crippen LogP contribution < -0.4 is 16.0 Å². The number of anilines is 1. The minimum atomic E-state index is -3.62. The van der Waals surface area contributed by atoms with Crippen LogP contribution >= 0.6 is 0 Å². The average Bonchev–Trinajstić information content (AvgIpc) is 3.16. The van der Waals surface area contributed by atoms with Crippen LogP contribution in [0.4, 0.5) is 5.69 Å². The Labute approximate surface area is 163 Å². The Kier molecular flexibility index (Phi) is 7.64. The first-order valence-corrected chi connectivity index (χ1v) is 11.2. The lowest BCUT2D eigenvalue weighted by Gasteiger charge is -2.23. The van der Waals surface area contributed by atoms with Crippen molar-refractivity contribution < 1.29 is 13.2 Å². The number of rotatable bonds is 9. The summed E-state index contributed by atoms with van der Waals surface area (Å²) in [4.78, 5) is 15.1. The van der Waals surface area contributed by atoms with Crippen molar-refractivity contribution >= 4 is 21.6 Å². The molecule has 1 aromatic rings. The lowest BCUT2D eigenvalue weighted by molar-refractivity contribution is 0.0953. The van der Waals surface area contributed by atoms with Crippen LogP contribution in [0.2, 0.25) is 0 Å². The number of benzene rings is 1. The second-order valence-electron chi connectivity index (χ2n) is 6.98. The third-order valence-electron chi connectivity index (χ3n) is 4.89. The van der Waals surface area contributed by atoms with Gasteiger partial charge in [-0.1, -0.05) is 13.8 Å². The number of nitrogens with two attached hydrogens (primary N) is 1. The van der Waals surface area contributed by atoms with Gasteiger partial charge in [-0.2, -0.15) is 4.31 Å². The number of carbonyl (C=O) groups is 1. The van der Waals surface area contributed by atoms with Crippen molar-refractivity contribution in [1.29, 1.82) is 0 Å². The zero-order valence-electron chi connectivity index (χ0n) is 16.6. The molecular formula is C19H32N4O3S. The molecule has 1 aromatic carbocycles. The zero-order chi connectivity index (χ0) is 20.0. The van der Waals surface area contributed by atoms with Crippen LogP contribution in [0.25, 0.3) is 0 Å². The summed E-state index contributed by atoms with van der Waals surface area (Å²) in [6.45, 7) is 8.50. The molecule has 0 saturated carbocycles. The Bertz CT molecular complexity index is 739. The first-order valence-electron chi connectivity index (χ1n) is 9.74. The molecule has 1 atom stereocenters. The molecule has 1 saturated heterocycles. The summed E-state index contributed by atoms with van der Waals surface area (Å²) < 4.78 is 27.1. The van der Waals surface area contributed by atoms with E-state index in [4.69, 9.17) is 5.73 Å². The topological polar surface area (TPSA) is 95.7 Å². The Balaban J connectivity index is 2.38. The number of hydrogen-bond donors (Lipinski definition) is 2. The molecule has 2 rings (SSSR count). The van der Waals surface area contributed by atoms with Crippen LogP contribution in [0.3, 0.4) is 0 Å². The van der Waals surface area contributed by atoms with E-state index in [1.807, 2.05) is 6.92 Å². The van der Waals surface area contributed by atoms with E-state index in [1.165, 1.54) is 10.4 Å². The molecule has 1 aliphatic heterocycles. The van der Waals surface area contributed by atoms with E-state index in [-0.39, 0.29) is 16.8 Å². The molecule has 0 aliphatic carbocycles. The average molecular weight is 397 g/mol. The maximum absolute atomic E-state index is 12.9. The highest BCUT2D eigenvalue weighted by Crippen LogP contribution is 2.28. The second kappa shape index (κ2) is 9.52. The number of nitrogens with zero attached hydrogens (tertiary/aromatic N) is 2. The fourth-order valence-corrected chi connectivity index (χ4v) is 4.80. The summed E-state index contributed by atoms with van der Waals surface area (Å²) in [5.74, 6) is -0.255. The molecule has 27 heavy (non-hydrogen) atoms. The quantitative estimate of drug-likeness (QED) is 0.663. The van der Waals surface area contributed by atoms with E-state index in [0.29, 0.717) is 31.6 Å². The summed E-state index contributed by atoms with van der Waals surface area (Å²) in [5, 5.41) is 2.88. The van der Waals surface area contributed by atoms with E-state index in [1.54, 1.807) is 26.0 Å². The highest BCUT2D eigenvalue weighted by atomic mass is 32.2. The van der Waals surface area contributed by atoms with Gasteiger partial charge in [0.1, 0.15) is 0 Å². The first kappa shape index (κ1) is 21.7. The Morgan fingerprint density at radius 2 is 1.89 bits per heavy atom. The van der Waals surface area contributed by atoms with E-state index in [0.717, 1.165) is 31.6 Å². The second-order valence-corrected chi connectivity index (χ2v) is 8.92. The number of hydrogen-bond acceptors (Lipinski definition) is 5. The Morgan fingerprint density at radius 1 is 1.26 bits per heavy atom. The minimum Gasteiger partial charge on any atom is -0.371 e. The predicted octanol–water partition coefficient (Wildman–Crippen LogP) is 1.78. The number of nitrogens with one attached hydrogen (secondary N) is 1. The normalized spacial score (nSPS) is 16.0. The maximum atomic E-state index is 12.9. The van der Waals surface area contributed by atoms with E-state index in [2.05, 4.69) is 10.2 Å². The summed E-state index contributed by atoms with van der Waals surface area (Å²) in [5.41, 5.74) is 6.96. The SMILES string of the molecule is CCN(CC)S(=O)(=O)c1ccc(N2CCCC2)c(C(=O)NCCC(C)N)c1. The lowest BCUT2D eigenvalue weighted by atomic mass is 10.1. The van der Waals surface area contributed by atoms with Crippen molar-refractivity contribution in [3.05, 3.63) is 23.8 Å². The van der Waals surface area contributed by atoms with Crippen LogP contribution in [0.1, 0.15) is 50.4 Å². The van der Waals surface area contributed by atoms with Gasteiger partial charge in [0.25, 0.3) is 5.91 Å². The Morgan fingerprint density at radius 3 is 2.44 bits per heavy atom. The van der Waals surface area contributed by atoms with Gasteiger partial charge in [0.15, 0.2) is 0 Å². The van der Waals surface area contributed by atoms with Gasteiger partial charge in [-0.3, -0.25) is 4.79 Å². The number of amides is 1. The van der Waals surface area contributed by atoms with Gasteiger partial charge in [-0.05, 0) is 44.4 Å². The predicted molar refractivity (Wildman–Crippen MR) is 109 cm³/mol. The smallest absolute Gasteiger partial charge is 0.253 e. The highest BCUT2D eigenvalue weighted by molar-refractivity contribution is 7.89. The van der Waals surface area contributed by atoms with Crippen LogP contribution in [-0.4, -0.2) is 57.4 Å². The fraction of sp³-hybridized carbons (Fsp3) is 0.632. The van der Waals surface area contributed by atoms with Gasteiger partial charge in [0.05, 0.1) is 10.5 Å². The monoisotopic (exact) mass is 396 g/mol. The molecule has 7 nitrogen and oxygen atoms in total. The van der Waals surface area contributed by atoms with Crippen LogP contribution in [0.5, 0.6) is 0 Å². The van der Waals surface area contributed by atoms with Crippen molar-refractivity contribution in [2.24, 2.45) is 5.73 Å². The van der Waals surface area contributed by atoms with Crippen molar-refractivity contribution in [3.63, 3.8) is 0 Å². The zero-order valence-corrected chi connectivity index (χ0v) is 17.4. The van der Waals surface area contributed by atoms with Gasteiger partial charge >= 0.3 is 0 Å². The first-order chi connectivity index (χ1) is 12.8.